The summed E-state index contributed by atoms with van der Waals surface area (Å²) in [6, 6.07) is 3.71. The lowest BCUT2D eigenvalue weighted by Crippen LogP contribution is -2.20. The number of aliphatic hydroxyl groups excluding tert-OH is 1. The minimum absolute atomic E-state index is 0.360. The van der Waals surface area contributed by atoms with Gasteiger partial charge in [-0.2, -0.15) is 11.8 Å². The van der Waals surface area contributed by atoms with Crippen LogP contribution in [0.15, 0.2) is 16.6 Å². The van der Waals surface area contributed by atoms with Gasteiger partial charge in [0.15, 0.2) is 6.10 Å². The highest BCUT2D eigenvalue weighted by molar-refractivity contribution is 9.10. The molecule has 1 atom stereocenters. The number of rotatable bonds is 4. The average Bonchev–Trinajstić information content (AvgIpc) is 2.62. The molecule has 6 heteroatoms. The number of hydrogen-bond donors (Lipinski definition) is 2. The second kappa shape index (κ2) is 5.50. The van der Waals surface area contributed by atoms with Crippen molar-refractivity contribution >= 4 is 45.0 Å². The number of hydrogen-bond acceptors (Lipinski definition) is 4. The van der Waals surface area contributed by atoms with Crippen molar-refractivity contribution < 1.29 is 9.90 Å². The van der Waals surface area contributed by atoms with Crippen LogP contribution in [0.5, 0.6) is 0 Å². The summed E-state index contributed by atoms with van der Waals surface area (Å²) in [4.78, 5) is 13.5. The number of benzene rings is 1. The molecule has 1 aromatic carbocycles. The molecule has 1 aromatic rings. The maximum absolute atomic E-state index is 11.4. The molecule has 0 aliphatic carbocycles. The smallest absolute Gasteiger partial charge is 0.257 e. The van der Waals surface area contributed by atoms with Crippen LogP contribution in [0.2, 0.25) is 0 Å². The van der Waals surface area contributed by atoms with E-state index in [-0.39, 0.29) is 5.91 Å². The van der Waals surface area contributed by atoms with E-state index in [0.29, 0.717) is 11.3 Å². The lowest BCUT2D eigenvalue weighted by Gasteiger charge is -2.21. The number of carbonyl (C=O) groups is 1. The summed E-state index contributed by atoms with van der Waals surface area (Å²) < 4.78 is 0.889. The van der Waals surface area contributed by atoms with Gasteiger partial charge in [-0.05, 0) is 34.3 Å². The Morgan fingerprint density at radius 3 is 2.94 bits per heavy atom. The van der Waals surface area contributed by atoms with Gasteiger partial charge in [0.05, 0.1) is 5.69 Å². The molecule has 1 heterocycles. The SMILES string of the molecule is CSCCN(C)c1cc2c(cc1Br)C(O)C(=O)N2. The van der Waals surface area contributed by atoms with Crippen molar-refractivity contribution in [1.29, 1.82) is 0 Å². The predicted octanol–water partition coefficient (Wildman–Crippen LogP) is 2.23. The molecule has 0 bridgehead atoms. The minimum atomic E-state index is -1.05. The Morgan fingerprint density at radius 2 is 2.28 bits per heavy atom. The van der Waals surface area contributed by atoms with Crippen LogP contribution in [0.25, 0.3) is 0 Å². The number of nitrogens with zero attached hydrogens (tertiary/aromatic N) is 1. The lowest BCUT2D eigenvalue weighted by molar-refractivity contribution is -0.123. The molecule has 0 spiro atoms. The fraction of sp³-hybridized carbons (Fsp3) is 0.417. The summed E-state index contributed by atoms with van der Waals surface area (Å²) in [5.41, 5.74) is 2.34. The van der Waals surface area contributed by atoms with E-state index in [2.05, 4.69) is 32.4 Å². The van der Waals surface area contributed by atoms with Gasteiger partial charge in [0.2, 0.25) is 0 Å². The molecular weight excluding hydrogens is 316 g/mol. The Morgan fingerprint density at radius 1 is 1.56 bits per heavy atom. The third-order valence-corrected chi connectivity index (χ3v) is 4.19. The summed E-state index contributed by atoms with van der Waals surface area (Å²) >= 11 is 5.28. The summed E-state index contributed by atoms with van der Waals surface area (Å²) in [6.45, 7) is 0.926. The zero-order chi connectivity index (χ0) is 13.3. The van der Waals surface area contributed by atoms with Gasteiger partial charge in [-0.15, -0.1) is 0 Å². The topological polar surface area (TPSA) is 52.6 Å². The number of aliphatic hydroxyl groups is 1. The van der Waals surface area contributed by atoms with Crippen molar-refractivity contribution in [1.82, 2.24) is 0 Å². The van der Waals surface area contributed by atoms with E-state index in [1.54, 1.807) is 11.8 Å². The lowest BCUT2D eigenvalue weighted by atomic mass is 10.1. The van der Waals surface area contributed by atoms with Gasteiger partial charge in [0, 0.05) is 35.1 Å². The Kier molecular flexibility index (Phi) is 4.19. The van der Waals surface area contributed by atoms with E-state index < -0.39 is 6.10 Å². The normalized spacial score (nSPS) is 17.6. The second-order valence-corrected chi connectivity index (χ2v) is 6.04. The number of fused-ring (bicyclic) bond motifs is 1. The molecule has 1 amide bonds. The second-order valence-electron chi connectivity index (χ2n) is 4.20. The standard InChI is InChI=1S/C12H15BrN2O2S/c1-15(3-4-18-2)10-6-9-7(5-8(10)13)11(16)12(17)14-9/h5-6,11,16H,3-4H2,1-2H3,(H,14,17). The summed E-state index contributed by atoms with van der Waals surface area (Å²) in [5, 5.41) is 12.4. The van der Waals surface area contributed by atoms with Gasteiger partial charge in [0.1, 0.15) is 0 Å². The van der Waals surface area contributed by atoms with Crippen LogP contribution in [-0.4, -0.2) is 36.6 Å². The van der Waals surface area contributed by atoms with Crippen molar-refractivity contribution in [2.24, 2.45) is 0 Å². The van der Waals surface area contributed by atoms with Gasteiger partial charge in [-0.25, -0.2) is 0 Å². The highest BCUT2D eigenvalue weighted by Gasteiger charge is 2.29. The van der Waals surface area contributed by atoms with Crippen LogP contribution in [0.3, 0.4) is 0 Å². The monoisotopic (exact) mass is 330 g/mol. The average molecular weight is 331 g/mol. The highest BCUT2D eigenvalue weighted by atomic mass is 79.9. The fourth-order valence-corrected chi connectivity index (χ4v) is 3.02. The zero-order valence-electron chi connectivity index (χ0n) is 10.2. The molecular formula is C12H15BrN2O2S. The highest BCUT2D eigenvalue weighted by Crippen LogP contribution is 2.38. The Labute approximate surface area is 119 Å². The summed E-state index contributed by atoms with van der Waals surface area (Å²) in [6.07, 6.45) is 1.02. The van der Waals surface area contributed by atoms with Crippen LogP contribution in [0, 0.1) is 0 Å². The van der Waals surface area contributed by atoms with E-state index in [1.165, 1.54) is 0 Å². The number of carbonyl (C=O) groups excluding carboxylic acids is 1. The van der Waals surface area contributed by atoms with Crippen LogP contribution < -0.4 is 10.2 Å². The quantitative estimate of drug-likeness (QED) is 0.888. The molecule has 0 radical (unpaired) electrons. The molecule has 0 saturated heterocycles. The maximum Gasteiger partial charge on any atom is 0.257 e. The molecule has 1 aliphatic heterocycles. The van der Waals surface area contributed by atoms with E-state index in [0.717, 1.165) is 22.5 Å². The zero-order valence-corrected chi connectivity index (χ0v) is 12.6. The van der Waals surface area contributed by atoms with E-state index >= 15 is 0 Å². The van der Waals surface area contributed by atoms with Crippen molar-refractivity contribution in [3.05, 3.63) is 22.2 Å². The van der Waals surface area contributed by atoms with Crippen molar-refractivity contribution in [3.8, 4) is 0 Å². The molecule has 1 unspecified atom stereocenters. The van der Waals surface area contributed by atoms with E-state index in [4.69, 9.17) is 0 Å². The van der Waals surface area contributed by atoms with Crippen LogP contribution in [0.4, 0.5) is 11.4 Å². The van der Waals surface area contributed by atoms with Crippen molar-refractivity contribution in [2.75, 3.05) is 35.8 Å². The third-order valence-electron chi connectivity index (χ3n) is 2.96. The largest absolute Gasteiger partial charge is 0.378 e. The van der Waals surface area contributed by atoms with Crippen LogP contribution >= 0.6 is 27.7 Å². The molecule has 0 aromatic heterocycles. The first-order valence-electron chi connectivity index (χ1n) is 5.57. The maximum atomic E-state index is 11.4. The van der Waals surface area contributed by atoms with Crippen molar-refractivity contribution in [2.45, 2.75) is 6.10 Å². The number of nitrogens with one attached hydrogen (secondary N) is 1. The van der Waals surface area contributed by atoms with Gasteiger partial charge in [-0.1, -0.05) is 0 Å². The van der Waals surface area contributed by atoms with Crippen LogP contribution in [0.1, 0.15) is 11.7 Å². The Hall–Kier alpha value is -0.720. The minimum Gasteiger partial charge on any atom is -0.378 e. The van der Waals surface area contributed by atoms with Crippen LogP contribution in [-0.2, 0) is 4.79 Å². The van der Waals surface area contributed by atoms with Gasteiger partial charge in [0.25, 0.3) is 5.91 Å². The predicted molar refractivity (Wildman–Crippen MR) is 79.4 cm³/mol. The molecule has 0 fully saturated rings. The summed E-state index contributed by atoms with van der Waals surface area (Å²) in [5.74, 6) is 0.676. The molecule has 4 nitrogen and oxygen atoms in total. The number of anilines is 2. The first-order valence-corrected chi connectivity index (χ1v) is 7.75. The van der Waals surface area contributed by atoms with Crippen molar-refractivity contribution in [3.63, 3.8) is 0 Å². The Balaban J connectivity index is 2.29. The number of halogens is 1. The summed E-state index contributed by atoms with van der Waals surface area (Å²) in [7, 11) is 2.01. The molecule has 18 heavy (non-hydrogen) atoms. The van der Waals surface area contributed by atoms with Gasteiger partial charge in [-0.3, -0.25) is 4.79 Å². The molecule has 98 valence electrons. The molecule has 1 aliphatic rings. The van der Waals surface area contributed by atoms with E-state index in [1.807, 2.05) is 19.2 Å². The first-order chi connectivity index (χ1) is 8.54. The molecule has 0 saturated carbocycles. The third kappa shape index (κ3) is 2.50. The van der Waals surface area contributed by atoms with E-state index in [9.17, 15) is 9.90 Å². The van der Waals surface area contributed by atoms with Gasteiger partial charge < -0.3 is 15.3 Å². The number of thioether (sulfide) groups is 1. The number of amides is 1. The first kappa shape index (κ1) is 13.7. The molecule has 2 rings (SSSR count). The molecule has 2 N–H and O–H groups in total. The Bertz CT molecular complexity index is 481. The van der Waals surface area contributed by atoms with Gasteiger partial charge >= 0.3 is 0 Å². The fourth-order valence-electron chi connectivity index (χ4n) is 1.90.